The molecule has 2 N–H and O–H groups in total. The lowest BCUT2D eigenvalue weighted by atomic mass is 10.1. The van der Waals surface area contributed by atoms with Crippen molar-refractivity contribution in [2.75, 3.05) is 46.3 Å². The Labute approximate surface area is 134 Å². The number of nitrogens with zero attached hydrogens (tertiary/aromatic N) is 4. The first-order chi connectivity index (χ1) is 10.5. The van der Waals surface area contributed by atoms with E-state index in [0.29, 0.717) is 6.54 Å². The Morgan fingerprint density at radius 2 is 1.95 bits per heavy atom. The zero-order valence-electron chi connectivity index (χ0n) is 14.4. The first kappa shape index (κ1) is 17.4. The van der Waals surface area contributed by atoms with Crippen LogP contribution in [0.2, 0.25) is 0 Å². The number of likely N-dealkylation sites (N-methyl/N-ethyl adjacent to an activating group) is 1. The molecule has 1 aliphatic heterocycles. The Morgan fingerprint density at radius 3 is 2.55 bits per heavy atom. The minimum absolute atomic E-state index is 0.265. The maximum Gasteiger partial charge on any atom is 0.0791 e. The van der Waals surface area contributed by atoms with E-state index in [1.54, 1.807) is 0 Å². The molecule has 0 unspecified atom stereocenters. The summed E-state index contributed by atoms with van der Waals surface area (Å²) in [4.78, 5) is 4.67. The van der Waals surface area contributed by atoms with Crippen LogP contribution < -0.4 is 5.32 Å². The zero-order chi connectivity index (χ0) is 16.1. The lowest BCUT2D eigenvalue weighted by Gasteiger charge is -2.34. The molecule has 2 heterocycles. The molecule has 1 aliphatic rings. The molecule has 126 valence electrons. The van der Waals surface area contributed by atoms with Gasteiger partial charge in [0.2, 0.25) is 0 Å². The van der Waals surface area contributed by atoms with Gasteiger partial charge in [-0.1, -0.05) is 0 Å². The summed E-state index contributed by atoms with van der Waals surface area (Å²) in [6.07, 6.45) is 3.62. The Bertz CT molecular complexity index is 441. The van der Waals surface area contributed by atoms with Gasteiger partial charge in [-0.3, -0.25) is 9.58 Å². The van der Waals surface area contributed by atoms with Gasteiger partial charge in [0.25, 0.3) is 0 Å². The third-order valence-electron chi connectivity index (χ3n) is 4.61. The predicted octanol–water partition coefficient (Wildman–Crippen LogP) is 0.339. The van der Waals surface area contributed by atoms with Gasteiger partial charge in [0.1, 0.15) is 0 Å². The molecule has 0 bridgehead atoms. The van der Waals surface area contributed by atoms with Crippen LogP contribution in [0.3, 0.4) is 0 Å². The molecule has 0 spiro atoms. The highest BCUT2D eigenvalue weighted by molar-refractivity contribution is 5.00. The van der Waals surface area contributed by atoms with E-state index < -0.39 is 0 Å². The van der Waals surface area contributed by atoms with E-state index in [1.807, 2.05) is 17.8 Å². The highest BCUT2D eigenvalue weighted by Crippen LogP contribution is 2.10. The maximum atomic E-state index is 10.2. The Balaban J connectivity index is 1.70. The van der Waals surface area contributed by atoms with Gasteiger partial charge in [0, 0.05) is 51.5 Å². The summed E-state index contributed by atoms with van der Waals surface area (Å²) in [6, 6.07) is 0.533. The van der Waals surface area contributed by atoms with Crippen LogP contribution in [0.1, 0.15) is 25.5 Å². The minimum atomic E-state index is -0.322. The monoisotopic (exact) mass is 309 g/mol. The normalized spacial score (nSPS) is 21.7. The molecular formula is C16H31N5O. The number of hydrogen-bond donors (Lipinski definition) is 2. The third kappa shape index (κ3) is 5.05. The van der Waals surface area contributed by atoms with E-state index in [-0.39, 0.29) is 18.2 Å². The first-order valence-electron chi connectivity index (χ1n) is 8.29. The van der Waals surface area contributed by atoms with Crippen molar-refractivity contribution in [2.45, 2.75) is 39.0 Å². The number of nitrogens with one attached hydrogen (secondary N) is 1. The molecule has 0 aliphatic carbocycles. The lowest BCUT2D eigenvalue weighted by Crippen LogP contribution is -2.49. The molecule has 2 rings (SSSR count). The quantitative estimate of drug-likeness (QED) is 0.761. The van der Waals surface area contributed by atoms with Crippen molar-refractivity contribution in [3.63, 3.8) is 0 Å². The van der Waals surface area contributed by atoms with Gasteiger partial charge in [0.05, 0.1) is 18.3 Å². The highest BCUT2D eigenvalue weighted by atomic mass is 16.3. The van der Waals surface area contributed by atoms with Gasteiger partial charge in [0.15, 0.2) is 0 Å². The lowest BCUT2D eigenvalue weighted by molar-refractivity contribution is 0.0777. The summed E-state index contributed by atoms with van der Waals surface area (Å²) in [7, 11) is 2.15. The Kier molecular flexibility index (Phi) is 6.37. The summed E-state index contributed by atoms with van der Waals surface area (Å²) >= 11 is 0. The van der Waals surface area contributed by atoms with Crippen LogP contribution in [-0.4, -0.2) is 83.1 Å². The molecular weight excluding hydrogens is 278 g/mol. The van der Waals surface area contributed by atoms with E-state index in [4.69, 9.17) is 0 Å². The van der Waals surface area contributed by atoms with Crippen molar-refractivity contribution in [3.8, 4) is 0 Å². The van der Waals surface area contributed by atoms with Gasteiger partial charge in [-0.15, -0.1) is 0 Å². The van der Waals surface area contributed by atoms with Crippen molar-refractivity contribution in [3.05, 3.63) is 18.0 Å². The van der Waals surface area contributed by atoms with E-state index in [9.17, 15) is 5.11 Å². The molecule has 0 radical (unpaired) electrons. The number of aliphatic hydroxyl groups excluding tert-OH is 1. The van der Waals surface area contributed by atoms with E-state index >= 15 is 0 Å². The second-order valence-corrected chi connectivity index (χ2v) is 6.69. The van der Waals surface area contributed by atoms with Crippen LogP contribution in [0.4, 0.5) is 0 Å². The Hall–Kier alpha value is -0.950. The van der Waals surface area contributed by atoms with Gasteiger partial charge < -0.3 is 15.3 Å². The van der Waals surface area contributed by atoms with Gasteiger partial charge in [-0.25, -0.2) is 0 Å². The average Bonchev–Trinajstić information content (AvgIpc) is 2.93. The number of rotatable bonds is 7. The van der Waals surface area contributed by atoms with Crippen LogP contribution in [0.15, 0.2) is 12.4 Å². The highest BCUT2D eigenvalue weighted by Gasteiger charge is 2.19. The van der Waals surface area contributed by atoms with E-state index in [1.165, 1.54) is 5.56 Å². The second-order valence-electron chi connectivity index (χ2n) is 6.69. The number of aliphatic hydroxyl groups is 1. The molecule has 0 aromatic carbocycles. The number of piperazine rings is 1. The molecule has 22 heavy (non-hydrogen) atoms. The zero-order valence-corrected chi connectivity index (χ0v) is 14.4. The van der Waals surface area contributed by atoms with Gasteiger partial charge in [-0.05, 0) is 33.4 Å². The van der Waals surface area contributed by atoms with Crippen molar-refractivity contribution in [1.82, 2.24) is 24.9 Å². The fraction of sp³-hybridized carbons (Fsp3) is 0.812. The molecule has 1 fully saturated rings. The molecule has 1 saturated heterocycles. The number of aryl methyl sites for hydroxylation is 1. The molecule has 0 saturated carbocycles. The summed E-state index contributed by atoms with van der Waals surface area (Å²) in [6.45, 7) is 12.0. The number of β-amino-alcohol motifs (C(OH)–C–C–N with tert-alkyl or cyclic N) is 1. The van der Waals surface area contributed by atoms with Crippen molar-refractivity contribution in [1.29, 1.82) is 0 Å². The maximum absolute atomic E-state index is 10.2. The van der Waals surface area contributed by atoms with Crippen LogP contribution in [-0.2, 0) is 0 Å². The van der Waals surface area contributed by atoms with Gasteiger partial charge >= 0.3 is 0 Å². The molecule has 1 aromatic heterocycles. The van der Waals surface area contributed by atoms with Crippen LogP contribution in [0.25, 0.3) is 0 Å². The SMILES string of the molecule is Cc1cnn([C@H](C)[C@@H](C)NC[C@H](O)CN2CCN(C)CC2)c1. The molecule has 6 nitrogen and oxygen atoms in total. The van der Waals surface area contributed by atoms with Crippen molar-refractivity contribution >= 4 is 0 Å². The topological polar surface area (TPSA) is 56.6 Å². The fourth-order valence-electron chi connectivity index (χ4n) is 2.77. The standard InChI is InChI=1S/C16H31N5O/c1-13-9-18-21(11-13)15(3)14(2)17-10-16(22)12-20-7-5-19(4)6-8-20/h9,11,14-17,22H,5-8,10,12H2,1-4H3/t14-,15-,16+/m1/s1. The largest absolute Gasteiger partial charge is 0.390 e. The smallest absolute Gasteiger partial charge is 0.0791 e. The first-order valence-corrected chi connectivity index (χ1v) is 8.29. The predicted molar refractivity (Wildman–Crippen MR) is 89.1 cm³/mol. The van der Waals surface area contributed by atoms with Crippen LogP contribution in [0.5, 0.6) is 0 Å². The molecule has 0 amide bonds. The van der Waals surface area contributed by atoms with E-state index in [0.717, 1.165) is 32.7 Å². The van der Waals surface area contributed by atoms with Crippen molar-refractivity contribution in [2.24, 2.45) is 0 Å². The molecule has 6 heteroatoms. The third-order valence-corrected chi connectivity index (χ3v) is 4.61. The molecule has 3 atom stereocenters. The summed E-state index contributed by atoms with van der Waals surface area (Å²) in [5.41, 5.74) is 1.18. The van der Waals surface area contributed by atoms with Crippen molar-refractivity contribution < 1.29 is 5.11 Å². The summed E-state index contributed by atoms with van der Waals surface area (Å²) < 4.78 is 1.99. The van der Waals surface area contributed by atoms with Crippen LogP contribution >= 0.6 is 0 Å². The van der Waals surface area contributed by atoms with Gasteiger partial charge in [-0.2, -0.15) is 5.10 Å². The summed E-state index contributed by atoms with van der Waals surface area (Å²) in [5.74, 6) is 0. The number of hydrogen-bond acceptors (Lipinski definition) is 5. The van der Waals surface area contributed by atoms with Crippen LogP contribution in [0, 0.1) is 6.92 Å². The minimum Gasteiger partial charge on any atom is -0.390 e. The number of aromatic nitrogens is 2. The molecule has 1 aromatic rings. The fourth-order valence-corrected chi connectivity index (χ4v) is 2.77. The Morgan fingerprint density at radius 1 is 1.27 bits per heavy atom. The summed E-state index contributed by atoms with van der Waals surface area (Å²) in [5, 5.41) is 18.0. The second kappa shape index (κ2) is 8.06. The average molecular weight is 309 g/mol. The van der Waals surface area contributed by atoms with E-state index in [2.05, 4.69) is 47.3 Å².